The molecule has 1 amide bonds. The number of para-hydroxylation sites is 2. The van der Waals surface area contributed by atoms with E-state index in [1.807, 2.05) is 0 Å². The van der Waals surface area contributed by atoms with Crippen molar-refractivity contribution < 1.29 is 38.7 Å². The van der Waals surface area contributed by atoms with Gasteiger partial charge in [-0.05, 0) is 48.0 Å². The molecule has 2 N–H and O–H groups in total. The fourth-order valence-electron chi connectivity index (χ4n) is 4.29. The van der Waals surface area contributed by atoms with Gasteiger partial charge in [-0.25, -0.2) is 0 Å². The van der Waals surface area contributed by atoms with E-state index in [1.165, 1.54) is 58.8 Å². The summed E-state index contributed by atoms with van der Waals surface area (Å²) in [7, 11) is 5.72. The number of phenolic OH excluding ortho intramolecular Hbond substituents is 1. The highest BCUT2D eigenvalue weighted by Gasteiger charge is 2.48. The molecule has 1 unspecified atom stereocenters. The summed E-state index contributed by atoms with van der Waals surface area (Å²) >= 11 is 6.13. The number of rotatable bonds is 7. The van der Waals surface area contributed by atoms with Crippen LogP contribution < -0.4 is 23.8 Å². The second-order valence-electron chi connectivity index (χ2n) is 7.97. The van der Waals surface area contributed by atoms with Crippen molar-refractivity contribution in [1.82, 2.24) is 0 Å². The lowest BCUT2D eigenvalue weighted by molar-refractivity contribution is -0.132. The molecule has 10 heteroatoms. The van der Waals surface area contributed by atoms with Gasteiger partial charge < -0.3 is 29.2 Å². The summed E-state index contributed by atoms with van der Waals surface area (Å²) < 4.78 is 21.6. The predicted octanol–water partition coefficient (Wildman–Crippen LogP) is 4.71. The van der Waals surface area contributed by atoms with Gasteiger partial charge in [-0.3, -0.25) is 14.5 Å². The number of anilines is 1. The van der Waals surface area contributed by atoms with E-state index in [-0.39, 0.29) is 39.8 Å². The van der Waals surface area contributed by atoms with Crippen molar-refractivity contribution in [3.05, 3.63) is 76.3 Å². The summed E-state index contributed by atoms with van der Waals surface area (Å²) in [6.45, 7) is 0. The Morgan fingerprint density at radius 2 is 1.49 bits per heavy atom. The van der Waals surface area contributed by atoms with Gasteiger partial charge in [0, 0.05) is 5.56 Å². The number of hydrogen-bond acceptors (Lipinski definition) is 8. The Balaban J connectivity index is 2.04. The molecule has 1 fully saturated rings. The van der Waals surface area contributed by atoms with E-state index in [4.69, 9.17) is 30.5 Å². The number of methoxy groups -OCH3 is 4. The number of carbonyl (C=O) groups excluding carboxylic acids is 2. The molecule has 0 spiro atoms. The van der Waals surface area contributed by atoms with Crippen molar-refractivity contribution in [2.45, 2.75) is 6.04 Å². The first-order valence-electron chi connectivity index (χ1n) is 11.0. The second-order valence-corrected chi connectivity index (χ2v) is 8.37. The molecular formula is C27H24ClNO8. The first-order chi connectivity index (χ1) is 17.8. The lowest BCUT2D eigenvalue weighted by Gasteiger charge is -2.27. The molecule has 1 aliphatic heterocycles. The number of ether oxygens (including phenoxy) is 4. The van der Waals surface area contributed by atoms with E-state index < -0.39 is 23.5 Å². The summed E-state index contributed by atoms with van der Waals surface area (Å²) in [5.74, 6) is -1.46. The second kappa shape index (κ2) is 10.3. The Kier molecular flexibility index (Phi) is 7.17. The Hall–Kier alpha value is -4.37. The van der Waals surface area contributed by atoms with Crippen LogP contribution in [0.3, 0.4) is 0 Å². The van der Waals surface area contributed by atoms with Gasteiger partial charge in [-0.15, -0.1) is 0 Å². The number of aromatic hydroxyl groups is 1. The molecule has 9 nitrogen and oxygen atoms in total. The Bertz CT molecular complexity index is 1390. The fourth-order valence-corrected chi connectivity index (χ4v) is 4.48. The quantitative estimate of drug-likeness (QED) is 0.259. The molecule has 4 rings (SSSR count). The summed E-state index contributed by atoms with van der Waals surface area (Å²) in [6.07, 6.45) is 0. The van der Waals surface area contributed by atoms with E-state index in [0.29, 0.717) is 16.3 Å². The van der Waals surface area contributed by atoms with Gasteiger partial charge in [-0.1, -0.05) is 23.7 Å². The normalized spacial score (nSPS) is 16.6. The molecule has 1 aliphatic rings. The lowest BCUT2D eigenvalue weighted by Crippen LogP contribution is -2.29. The number of benzene rings is 3. The van der Waals surface area contributed by atoms with Crippen LogP contribution in [0.1, 0.15) is 17.2 Å². The molecule has 3 aromatic carbocycles. The number of phenols is 1. The number of amides is 1. The summed E-state index contributed by atoms with van der Waals surface area (Å²) in [5, 5.41) is 22.3. The van der Waals surface area contributed by atoms with Gasteiger partial charge >= 0.3 is 0 Å². The van der Waals surface area contributed by atoms with Gasteiger partial charge in [0.2, 0.25) is 5.75 Å². The SMILES string of the molecule is COc1cc(/C(O)=C2\C(=O)C(=O)N(c3ccccc3O)C2c2cc(OC)c(OC)c(OC)c2)ccc1Cl. The van der Waals surface area contributed by atoms with Crippen molar-refractivity contribution in [1.29, 1.82) is 0 Å². The third-order valence-corrected chi connectivity index (χ3v) is 6.33. The minimum Gasteiger partial charge on any atom is -0.507 e. The van der Waals surface area contributed by atoms with Crippen LogP contribution in [0.4, 0.5) is 5.69 Å². The topological polar surface area (TPSA) is 115 Å². The fraction of sp³-hybridized carbons (Fsp3) is 0.185. The number of aliphatic hydroxyl groups is 1. The highest BCUT2D eigenvalue weighted by Crippen LogP contribution is 2.48. The first-order valence-corrected chi connectivity index (χ1v) is 11.4. The average molecular weight is 526 g/mol. The number of ketones is 1. The summed E-state index contributed by atoms with van der Waals surface area (Å²) in [4.78, 5) is 27.9. The largest absolute Gasteiger partial charge is 0.507 e. The standard InChI is InChI=1S/C27H24ClNO8/c1-34-19-11-14(9-10-16(19)28)24(31)22-23(15-12-20(35-2)26(37-4)21(13-15)36-3)29(27(33)25(22)32)17-7-5-6-8-18(17)30/h5-13,23,30-31H,1-4H3/b24-22+. The number of hydrogen-bond donors (Lipinski definition) is 2. The van der Waals surface area contributed by atoms with Crippen molar-refractivity contribution in [2.24, 2.45) is 0 Å². The van der Waals surface area contributed by atoms with Crippen molar-refractivity contribution in [3.63, 3.8) is 0 Å². The minimum atomic E-state index is -1.16. The monoisotopic (exact) mass is 525 g/mol. The molecule has 37 heavy (non-hydrogen) atoms. The van der Waals surface area contributed by atoms with Crippen LogP contribution in [0, 0.1) is 0 Å². The first kappa shape index (κ1) is 25.7. The Labute approximate surface area is 218 Å². The third-order valence-electron chi connectivity index (χ3n) is 6.01. The van der Waals surface area contributed by atoms with Crippen LogP contribution in [-0.4, -0.2) is 50.3 Å². The zero-order chi connectivity index (χ0) is 26.9. The smallest absolute Gasteiger partial charge is 0.300 e. The highest BCUT2D eigenvalue weighted by molar-refractivity contribution is 6.52. The molecule has 0 radical (unpaired) electrons. The zero-order valence-electron chi connectivity index (χ0n) is 20.4. The molecule has 0 saturated carbocycles. The Morgan fingerprint density at radius 3 is 2.05 bits per heavy atom. The predicted molar refractivity (Wildman–Crippen MR) is 137 cm³/mol. The van der Waals surface area contributed by atoms with Crippen LogP contribution in [-0.2, 0) is 9.59 Å². The van der Waals surface area contributed by atoms with Gasteiger partial charge in [-0.2, -0.15) is 0 Å². The molecule has 1 atom stereocenters. The lowest BCUT2D eigenvalue weighted by atomic mass is 9.94. The zero-order valence-corrected chi connectivity index (χ0v) is 21.2. The van der Waals surface area contributed by atoms with E-state index in [9.17, 15) is 19.8 Å². The van der Waals surface area contributed by atoms with Crippen LogP contribution in [0.15, 0.2) is 60.2 Å². The van der Waals surface area contributed by atoms with Crippen LogP contribution in [0.25, 0.3) is 5.76 Å². The van der Waals surface area contributed by atoms with E-state index >= 15 is 0 Å². The van der Waals surface area contributed by atoms with Crippen molar-refractivity contribution in [3.8, 4) is 28.7 Å². The molecule has 1 heterocycles. The van der Waals surface area contributed by atoms with Crippen LogP contribution in [0.2, 0.25) is 5.02 Å². The average Bonchev–Trinajstić information content (AvgIpc) is 3.17. The maximum absolute atomic E-state index is 13.4. The Morgan fingerprint density at radius 1 is 0.865 bits per heavy atom. The van der Waals surface area contributed by atoms with Crippen molar-refractivity contribution >= 4 is 34.7 Å². The van der Waals surface area contributed by atoms with Gasteiger partial charge in [0.25, 0.3) is 11.7 Å². The van der Waals surface area contributed by atoms with Gasteiger partial charge in [0.05, 0.1) is 50.8 Å². The molecule has 1 saturated heterocycles. The van der Waals surface area contributed by atoms with Gasteiger partial charge in [0.15, 0.2) is 11.5 Å². The molecule has 0 aromatic heterocycles. The molecular weight excluding hydrogens is 502 g/mol. The van der Waals surface area contributed by atoms with Gasteiger partial charge in [0.1, 0.15) is 17.3 Å². The number of aliphatic hydroxyl groups excluding tert-OH is 1. The van der Waals surface area contributed by atoms with E-state index in [2.05, 4.69) is 0 Å². The maximum Gasteiger partial charge on any atom is 0.300 e. The summed E-state index contributed by atoms with van der Waals surface area (Å²) in [6, 6.07) is 12.5. The number of Topliss-reactive ketones (excluding diaryl/α,β-unsaturated/α-hetero) is 1. The molecule has 0 bridgehead atoms. The van der Waals surface area contributed by atoms with Crippen LogP contribution >= 0.6 is 11.6 Å². The van der Waals surface area contributed by atoms with E-state index in [1.54, 1.807) is 24.3 Å². The van der Waals surface area contributed by atoms with Crippen LogP contribution in [0.5, 0.6) is 28.7 Å². The maximum atomic E-state index is 13.4. The molecule has 0 aliphatic carbocycles. The number of halogens is 1. The number of nitrogens with zero attached hydrogens (tertiary/aromatic N) is 1. The molecule has 3 aromatic rings. The number of carbonyl (C=O) groups is 2. The third kappa shape index (κ3) is 4.38. The summed E-state index contributed by atoms with van der Waals surface area (Å²) in [5.41, 5.74) is 0.427. The van der Waals surface area contributed by atoms with E-state index in [0.717, 1.165) is 4.90 Å². The van der Waals surface area contributed by atoms with Crippen molar-refractivity contribution in [2.75, 3.05) is 33.3 Å². The minimum absolute atomic E-state index is 0.0797. The highest BCUT2D eigenvalue weighted by atomic mass is 35.5. The molecule has 192 valence electrons.